The van der Waals surface area contributed by atoms with Crippen LogP contribution in [0, 0.1) is 5.82 Å². The van der Waals surface area contributed by atoms with Crippen molar-refractivity contribution in [3.05, 3.63) is 70.7 Å². The monoisotopic (exact) mass is 433 g/mol. The summed E-state index contributed by atoms with van der Waals surface area (Å²) in [5, 5.41) is 11.5. The quantitative estimate of drug-likeness (QED) is 0.450. The topological polar surface area (TPSA) is 74.8 Å². The average Bonchev–Trinajstić information content (AvgIpc) is 3.42. The second-order valence-corrected chi connectivity index (χ2v) is 9.59. The van der Waals surface area contributed by atoms with Crippen molar-refractivity contribution in [3.63, 3.8) is 0 Å². The third kappa shape index (κ3) is 3.79. The summed E-state index contributed by atoms with van der Waals surface area (Å²) >= 11 is 3.15. The van der Waals surface area contributed by atoms with Gasteiger partial charge >= 0.3 is 0 Å². The summed E-state index contributed by atoms with van der Waals surface area (Å²) in [7, 11) is -3.93. The average molecular weight is 434 g/mol. The van der Waals surface area contributed by atoms with Crippen molar-refractivity contribution in [3.8, 4) is 21.1 Å². The first kappa shape index (κ1) is 19.0. The van der Waals surface area contributed by atoms with Gasteiger partial charge < -0.3 is 0 Å². The lowest BCUT2D eigenvalue weighted by atomic mass is 10.1. The van der Waals surface area contributed by atoms with Gasteiger partial charge in [-0.2, -0.15) is 5.10 Å². The Kier molecular flexibility index (Phi) is 5.40. The second-order valence-electron chi connectivity index (χ2n) is 5.96. The van der Waals surface area contributed by atoms with Gasteiger partial charge in [0.1, 0.15) is 16.4 Å². The molecule has 144 valence electrons. The molecule has 0 fully saturated rings. The Labute approximate surface area is 169 Å². The summed E-state index contributed by atoms with van der Waals surface area (Å²) in [4.78, 5) is 1.69. The van der Waals surface area contributed by atoms with E-state index in [1.165, 1.54) is 18.2 Å². The highest BCUT2D eigenvalue weighted by atomic mass is 32.2. The van der Waals surface area contributed by atoms with E-state index in [9.17, 15) is 12.8 Å². The van der Waals surface area contributed by atoms with Gasteiger partial charge in [-0.25, -0.2) is 17.5 Å². The van der Waals surface area contributed by atoms with E-state index in [0.29, 0.717) is 6.42 Å². The van der Waals surface area contributed by atoms with Gasteiger partial charge in [-0.1, -0.05) is 24.3 Å². The van der Waals surface area contributed by atoms with E-state index < -0.39 is 15.8 Å². The molecule has 0 aliphatic heterocycles. The lowest BCUT2D eigenvalue weighted by Crippen LogP contribution is -2.26. The predicted molar refractivity (Wildman–Crippen MR) is 111 cm³/mol. The highest BCUT2D eigenvalue weighted by Crippen LogP contribution is 2.34. The van der Waals surface area contributed by atoms with Crippen LogP contribution in [0.1, 0.15) is 5.56 Å². The van der Waals surface area contributed by atoms with Crippen molar-refractivity contribution in [2.24, 2.45) is 0 Å². The lowest BCUT2D eigenvalue weighted by Gasteiger charge is -2.08. The molecule has 0 aliphatic rings. The summed E-state index contributed by atoms with van der Waals surface area (Å²) in [5.74, 6) is -0.767. The van der Waals surface area contributed by atoms with E-state index in [2.05, 4.69) is 14.9 Å². The molecule has 9 heteroatoms. The fourth-order valence-electron chi connectivity index (χ4n) is 2.90. The number of aromatic nitrogens is 2. The molecule has 0 unspecified atom stereocenters. The second kappa shape index (κ2) is 7.96. The molecule has 0 amide bonds. The van der Waals surface area contributed by atoms with Crippen molar-refractivity contribution in [2.75, 3.05) is 6.54 Å². The van der Waals surface area contributed by atoms with E-state index in [4.69, 9.17) is 0 Å². The Hall–Kier alpha value is -2.33. The van der Waals surface area contributed by atoms with Crippen LogP contribution >= 0.6 is 22.7 Å². The van der Waals surface area contributed by atoms with Gasteiger partial charge in [0.2, 0.25) is 10.0 Å². The van der Waals surface area contributed by atoms with Gasteiger partial charge in [0.15, 0.2) is 0 Å². The third-order valence-corrected chi connectivity index (χ3v) is 7.44. The third-order valence-electron chi connectivity index (χ3n) is 4.18. The molecule has 0 saturated heterocycles. The Morgan fingerprint density at radius 3 is 2.39 bits per heavy atom. The number of rotatable bonds is 7. The molecule has 1 aromatic carbocycles. The summed E-state index contributed by atoms with van der Waals surface area (Å²) in [6.45, 7) is 0.132. The first-order chi connectivity index (χ1) is 13.6. The lowest BCUT2D eigenvalue weighted by molar-refractivity contribution is 0.557. The van der Waals surface area contributed by atoms with Crippen LogP contribution in [0.5, 0.6) is 0 Å². The minimum atomic E-state index is -3.93. The number of H-pyrrole nitrogens is 1. The smallest absolute Gasteiger partial charge is 0.243 e. The van der Waals surface area contributed by atoms with Crippen molar-refractivity contribution < 1.29 is 12.8 Å². The van der Waals surface area contributed by atoms with Gasteiger partial charge in [-0.15, -0.1) is 22.7 Å². The molecule has 0 saturated carbocycles. The Balaban J connectivity index is 1.59. The summed E-state index contributed by atoms with van der Waals surface area (Å²) in [6.07, 6.45) is 0.421. The maximum Gasteiger partial charge on any atom is 0.243 e. The molecule has 4 rings (SSSR count). The van der Waals surface area contributed by atoms with Crippen LogP contribution in [0.3, 0.4) is 0 Å². The number of benzene rings is 1. The number of nitrogens with zero attached hydrogens (tertiary/aromatic N) is 1. The Morgan fingerprint density at radius 2 is 1.71 bits per heavy atom. The SMILES string of the molecule is O=S(=O)(NCCc1c(-c2cccs2)n[nH]c1-c1cccs1)c1ccccc1F. The van der Waals surface area contributed by atoms with Gasteiger partial charge in [-0.05, 0) is 41.4 Å². The number of sulfonamides is 1. The van der Waals surface area contributed by atoms with E-state index in [1.54, 1.807) is 22.7 Å². The number of halogens is 1. The Bertz CT molecular complexity index is 1120. The van der Waals surface area contributed by atoms with E-state index in [0.717, 1.165) is 32.8 Å². The molecule has 0 bridgehead atoms. The maximum atomic E-state index is 13.9. The van der Waals surface area contributed by atoms with E-state index >= 15 is 0 Å². The maximum absolute atomic E-state index is 13.9. The number of hydrogen-bond acceptors (Lipinski definition) is 5. The zero-order valence-corrected chi connectivity index (χ0v) is 17.0. The van der Waals surface area contributed by atoms with Crippen LogP contribution in [0.2, 0.25) is 0 Å². The number of hydrogen-bond donors (Lipinski definition) is 2. The van der Waals surface area contributed by atoms with Gasteiger partial charge in [-0.3, -0.25) is 5.10 Å². The number of nitrogens with one attached hydrogen (secondary N) is 2. The molecule has 3 heterocycles. The minimum absolute atomic E-state index is 0.132. The van der Waals surface area contributed by atoms with Crippen LogP contribution in [-0.2, 0) is 16.4 Å². The molecule has 28 heavy (non-hydrogen) atoms. The molecule has 4 aromatic rings. The number of thiophene rings is 2. The van der Waals surface area contributed by atoms with Gasteiger partial charge in [0.05, 0.1) is 15.4 Å². The number of aromatic amines is 1. The molecular formula is C19H16FN3O2S3. The molecule has 0 atom stereocenters. The van der Waals surface area contributed by atoms with E-state index in [1.807, 2.05) is 35.0 Å². The molecule has 0 spiro atoms. The van der Waals surface area contributed by atoms with Crippen LogP contribution in [-0.4, -0.2) is 25.2 Å². The molecule has 3 aromatic heterocycles. The first-order valence-corrected chi connectivity index (χ1v) is 11.7. The zero-order valence-electron chi connectivity index (χ0n) is 14.6. The van der Waals surface area contributed by atoms with Crippen LogP contribution < -0.4 is 4.72 Å². The summed E-state index contributed by atoms with van der Waals surface area (Å²) in [6, 6.07) is 13.2. The van der Waals surface area contributed by atoms with Crippen molar-refractivity contribution in [1.82, 2.24) is 14.9 Å². The van der Waals surface area contributed by atoms with Crippen molar-refractivity contribution in [2.45, 2.75) is 11.3 Å². The van der Waals surface area contributed by atoms with Crippen LogP contribution in [0.25, 0.3) is 21.1 Å². The fourth-order valence-corrected chi connectivity index (χ4v) is 5.50. The first-order valence-electron chi connectivity index (χ1n) is 8.45. The standard InChI is InChI=1S/C19H16FN3O2S3/c20-14-5-1-2-8-17(14)28(24,25)21-10-9-13-18(15-6-3-11-26-15)22-23-19(13)16-7-4-12-27-16/h1-8,11-12,21H,9-10H2,(H,22,23). The predicted octanol–water partition coefficient (Wildman–Crippen LogP) is 4.53. The highest BCUT2D eigenvalue weighted by molar-refractivity contribution is 7.89. The fraction of sp³-hybridized carbons (Fsp3) is 0.105. The van der Waals surface area contributed by atoms with Gasteiger partial charge in [0.25, 0.3) is 0 Å². The normalized spacial score (nSPS) is 11.8. The molecule has 5 nitrogen and oxygen atoms in total. The molecular weight excluding hydrogens is 417 g/mol. The largest absolute Gasteiger partial charge is 0.276 e. The van der Waals surface area contributed by atoms with Crippen molar-refractivity contribution >= 4 is 32.7 Å². The summed E-state index contributed by atoms with van der Waals surface area (Å²) < 4.78 is 41.2. The minimum Gasteiger partial charge on any atom is -0.276 e. The van der Waals surface area contributed by atoms with Crippen LogP contribution in [0.4, 0.5) is 4.39 Å². The van der Waals surface area contributed by atoms with E-state index in [-0.39, 0.29) is 11.4 Å². The highest BCUT2D eigenvalue weighted by Gasteiger charge is 2.21. The zero-order chi connectivity index (χ0) is 19.6. The molecule has 2 N–H and O–H groups in total. The molecule has 0 aliphatic carbocycles. The van der Waals surface area contributed by atoms with Crippen molar-refractivity contribution in [1.29, 1.82) is 0 Å². The van der Waals surface area contributed by atoms with Crippen LogP contribution in [0.15, 0.2) is 64.2 Å². The van der Waals surface area contributed by atoms with Gasteiger partial charge in [0, 0.05) is 12.1 Å². The summed E-state index contributed by atoms with van der Waals surface area (Å²) in [5.41, 5.74) is 2.62. The Morgan fingerprint density at radius 1 is 1.00 bits per heavy atom. The molecule has 0 radical (unpaired) electrons.